The van der Waals surface area contributed by atoms with Gasteiger partial charge in [0, 0.05) is 12.5 Å². The van der Waals surface area contributed by atoms with Gasteiger partial charge in [-0.1, -0.05) is 6.07 Å². The number of carbonyl (C=O) groups excluding carboxylic acids is 1. The molecule has 92 valence electrons. The third kappa shape index (κ3) is 3.12. The first-order chi connectivity index (χ1) is 8.19. The van der Waals surface area contributed by atoms with Gasteiger partial charge in [-0.25, -0.2) is 4.39 Å². The van der Waals surface area contributed by atoms with Crippen LogP contribution in [0, 0.1) is 5.82 Å². The number of nitrogens with zero attached hydrogens (tertiary/aromatic N) is 1. The maximum Gasteiger partial charge on any atom is 0.223 e. The van der Waals surface area contributed by atoms with E-state index in [0.29, 0.717) is 31.0 Å². The predicted octanol–water partition coefficient (Wildman–Crippen LogP) is 1.74. The van der Waals surface area contributed by atoms with Gasteiger partial charge < -0.3 is 9.64 Å². The van der Waals surface area contributed by atoms with Crippen LogP contribution in [0.5, 0.6) is 5.75 Å². The van der Waals surface area contributed by atoms with Crippen molar-refractivity contribution in [3.05, 3.63) is 30.1 Å². The van der Waals surface area contributed by atoms with Gasteiger partial charge in [0.1, 0.15) is 17.7 Å². The largest absolute Gasteiger partial charge is 0.487 e. The summed E-state index contributed by atoms with van der Waals surface area (Å²) in [5, 5.41) is 0. The summed E-state index contributed by atoms with van der Waals surface area (Å²) < 4.78 is 18.4. The normalized spacial score (nSPS) is 15.5. The molecule has 1 aliphatic heterocycles. The van der Waals surface area contributed by atoms with Crippen molar-refractivity contribution in [1.29, 1.82) is 0 Å². The lowest BCUT2D eigenvalue weighted by atomic mass is 10.1. The average molecular weight is 255 g/mol. The highest BCUT2D eigenvalue weighted by Gasteiger charge is 2.31. The van der Waals surface area contributed by atoms with Crippen LogP contribution in [-0.2, 0) is 4.79 Å². The number of hydrogen-bond acceptors (Lipinski definition) is 3. The lowest BCUT2D eigenvalue weighted by Crippen LogP contribution is -2.56. The van der Waals surface area contributed by atoms with Crippen molar-refractivity contribution in [3.8, 4) is 5.75 Å². The van der Waals surface area contributed by atoms with Crippen LogP contribution in [0.1, 0.15) is 6.42 Å². The van der Waals surface area contributed by atoms with Crippen molar-refractivity contribution >= 4 is 18.5 Å². The molecular weight excluding hydrogens is 241 g/mol. The van der Waals surface area contributed by atoms with Gasteiger partial charge in [0.05, 0.1) is 13.1 Å². The van der Waals surface area contributed by atoms with E-state index in [0.717, 1.165) is 0 Å². The van der Waals surface area contributed by atoms with Crippen molar-refractivity contribution in [2.45, 2.75) is 12.5 Å². The molecule has 1 aromatic rings. The van der Waals surface area contributed by atoms with Gasteiger partial charge in [-0.2, -0.15) is 12.6 Å². The van der Waals surface area contributed by atoms with E-state index in [1.807, 2.05) is 0 Å². The van der Waals surface area contributed by atoms with E-state index in [-0.39, 0.29) is 17.8 Å². The minimum atomic E-state index is -0.315. The Morgan fingerprint density at radius 3 is 2.94 bits per heavy atom. The van der Waals surface area contributed by atoms with Crippen LogP contribution in [-0.4, -0.2) is 35.8 Å². The first kappa shape index (κ1) is 12.2. The second-order valence-corrected chi connectivity index (χ2v) is 4.42. The summed E-state index contributed by atoms with van der Waals surface area (Å²) in [5.74, 6) is 0.852. The van der Waals surface area contributed by atoms with Crippen LogP contribution in [0.15, 0.2) is 24.3 Å². The van der Waals surface area contributed by atoms with Gasteiger partial charge in [0.15, 0.2) is 0 Å². The molecule has 0 N–H and O–H groups in total. The Hall–Kier alpha value is -1.23. The Kier molecular flexibility index (Phi) is 3.89. The predicted molar refractivity (Wildman–Crippen MR) is 65.9 cm³/mol. The van der Waals surface area contributed by atoms with Crippen molar-refractivity contribution < 1.29 is 13.9 Å². The van der Waals surface area contributed by atoms with E-state index in [1.54, 1.807) is 17.0 Å². The zero-order valence-electron chi connectivity index (χ0n) is 9.30. The minimum absolute atomic E-state index is 0.0272. The van der Waals surface area contributed by atoms with Gasteiger partial charge in [-0.15, -0.1) is 0 Å². The minimum Gasteiger partial charge on any atom is -0.487 e. The van der Waals surface area contributed by atoms with Gasteiger partial charge in [-0.05, 0) is 17.9 Å². The van der Waals surface area contributed by atoms with Crippen LogP contribution in [0.3, 0.4) is 0 Å². The molecule has 1 amide bonds. The number of hydrogen-bond donors (Lipinski definition) is 1. The molecule has 0 atom stereocenters. The number of halogens is 1. The smallest absolute Gasteiger partial charge is 0.223 e. The van der Waals surface area contributed by atoms with E-state index in [9.17, 15) is 9.18 Å². The van der Waals surface area contributed by atoms with E-state index < -0.39 is 0 Å². The monoisotopic (exact) mass is 255 g/mol. The number of benzene rings is 1. The van der Waals surface area contributed by atoms with Crippen molar-refractivity contribution in [2.75, 3.05) is 18.8 Å². The molecule has 0 aromatic heterocycles. The molecule has 0 radical (unpaired) electrons. The SMILES string of the molecule is O=C(CCS)N1CC(Oc2cccc(F)c2)C1. The summed E-state index contributed by atoms with van der Waals surface area (Å²) in [6, 6.07) is 6.03. The van der Waals surface area contributed by atoms with Crippen molar-refractivity contribution in [3.63, 3.8) is 0 Å². The molecule has 0 unspecified atom stereocenters. The lowest BCUT2D eigenvalue weighted by molar-refractivity contribution is -0.139. The Balaban J connectivity index is 1.79. The zero-order valence-corrected chi connectivity index (χ0v) is 10.2. The van der Waals surface area contributed by atoms with Gasteiger partial charge in [0.2, 0.25) is 5.91 Å². The zero-order chi connectivity index (χ0) is 12.3. The Bertz CT molecular complexity index is 407. The van der Waals surface area contributed by atoms with Crippen molar-refractivity contribution in [1.82, 2.24) is 4.90 Å². The number of thiol groups is 1. The van der Waals surface area contributed by atoms with Crippen LogP contribution in [0.25, 0.3) is 0 Å². The summed E-state index contributed by atoms with van der Waals surface area (Å²) in [6.07, 6.45) is 0.427. The van der Waals surface area contributed by atoms with E-state index in [4.69, 9.17) is 4.74 Å². The average Bonchev–Trinajstić information content (AvgIpc) is 2.23. The fourth-order valence-corrected chi connectivity index (χ4v) is 1.89. The molecule has 17 heavy (non-hydrogen) atoms. The molecule has 5 heteroatoms. The maximum absolute atomic E-state index is 12.9. The van der Waals surface area contributed by atoms with Gasteiger partial charge in [0.25, 0.3) is 0 Å². The van der Waals surface area contributed by atoms with Crippen molar-refractivity contribution in [2.24, 2.45) is 0 Å². The molecule has 1 saturated heterocycles. The molecule has 0 saturated carbocycles. The number of ether oxygens (including phenoxy) is 1. The maximum atomic E-state index is 12.9. The summed E-state index contributed by atoms with van der Waals surface area (Å²) in [6.45, 7) is 1.15. The fraction of sp³-hybridized carbons (Fsp3) is 0.417. The number of carbonyl (C=O) groups is 1. The summed E-state index contributed by atoms with van der Waals surface area (Å²) in [7, 11) is 0. The van der Waals surface area contributed by atoms with Crippen LogP contribution >= 0.6 is 12.6 Å². The van der Waals surface area contributed by atoms with Gasteiger partial charge in [-0.3, -0.25) is 4.79 Å². The van der Waals surface area contributed by atoms with E-state index >= 15 is 0 Å². The molecule has 0 spiro atoms. The molecule has 0 bridgehead atoms. The number of likely N-dealkylation sites (tertiary alicyclic amines) is 1. The summed E-state index contributed by atoms with van der Waals surface area (Å²) in [5.41, 5.74) is 0. The highest BCUT2D eigenvalue weighted by Crippen LogP contribution is 2.19. The standard InChI is InChI=1S/C12H14FNO2S/c13-9-2-1-3-10(6-9)16-11-7-14(8-11)12(15)4-5-17/h1-3,6,11,17H,4-5,7-8H2. The lowest BCUT2D eigenvalue weighted by Gasteiger charge is -2.39. The summed E-state index contributed by atoms with van der Waals surface area (Å²) in [4.78, 5) is 13.2. The molecule has 0 aliphatic carbocycles. The van der Waals surface area contributed by atoms with Crippen LogP contribution in [0.4, 0.5) is 4.39 Å². The molecule has 2 rings (SSSR count). The van der Waals surface area contributed by atoms with Crippen LogP contribution < -0.4 is 4.74 Å². The number of rotatable bonds is 4. The molecular formula is C12H14FNO2S. The quantitative estimate of drug-likeness (QED) is 0.830. The molecule has 3 nitrogen and oxygen atoms in total. The molecule has 1 fully saturated rings. The van der Waals surface area contributed by atoms with E-state index in [2.05, 4.69) is 12.6 Å². The topological polar surface area (TPSA) is 29.5 Å². The Morgan fingerprint density at radius 2 is 2.29 bits per heavy atom. The molecule has 1 aromatic carbocycles. The van der Waals surface area contributed by atoms with Gasteiger partial charge >= 0.3 is 0 Å². The van der Waals surface area contributed by atoms with E-state index in [1.165, 1.54) is 12.1 Å². The molecule has 1 aliphatic rings. The number of amides is 1. The third-order valence-corrected chi connectivity index (χ3v) is 2.85. The highest BCUT2D eigenvalue weighted by atomic mass is 32.1. The Morgan fingerprint density at radius 1 is 1.53 bits per heavy atom. The first-order valence-corrected chi connectivity index (χ1v) is 6.13. The summed E-state index contributed by atoms with van der Waals surface area (Å²) >= 11 is 4.01. The fourth-order valence-electron chi connectivity index (χ4n) is 1.70. The first-order valence-electron chi connectivity index (χ1n) is 5.50. The van der Waals surface area contributed by atoms with Crippen LogP contribution in [0.2, 0.25) is 0 Å². The second-order valence-electron chi connectivity index (χ2n) is 3.97. The second kappa shape index (κ2) is 5.40. The Labute approximate surface area is 105 Å². The third-order valence-electron chi connectivity index (χ3n) is 2.63. The highest BCUT2D eigenvalue weighted by molar-refractivity contribution is 7.80. The molecule has 1 heterocycles.